The molecule has 0 radical (unpaired) electrons. The third-order valence-corrected chi connectivity index (χ3v) is 4.92. The van der Waals surface area contributed by atoms with E-state index in [1.165, 1.54) is 17.7 Å². The van der Waals surface area contributed by atoms with Crippen LogP contribution in [0.15, 0.2) is 29.2 Å². The summed E-state index contributed by atoms with van der Waals surface area (Å²) in [5.41, 5.74) is 0.733. The summed E-state index contributed by atoms with van der Waals surface area (Å²) >= 11 is 7.67. The topological polar surface area (TPSA) is 29.1 Å². The predicted octanol–water partition coefficient (Wildman–Crippen LogP) is 3.94. The molecule has 4 heteroatoms. The minimum absolute atomic E-state index is 0.0228. The van der Waals surface area contributed by atoms with Gasteiger partial charge in [0.25, 0.3) is 5.91 Å². The smallest absolute Gasteiger partial charge is 0.251 e. The zero-order valence-electron chi connectivity index (χ0n) is 11.2. The van der Waals surface area contributed by atoms with Gasteiger partial charge in [0.05, 0.1) is 0 Å². The number of nitrogens with one attached hydrogen (secondary N) is 1. The van der Waals surface area contributed by atoms with Crippen LogP contribution in [0, 0.1) is 5.92 Å². The van der Waals surface area contributed by atoms with Crippen molar-refractivity contribution >= 4 is 29.3 Å². The molecule has 0 aliphatic heterocycles. The number of benzene rings is 1. The molecule has 19 heavy (non-hydrogen) atoms. The maximum Gasteiger partial charge on any atom is 0.251 e. The number of rotatable bonds is 4. The minimum Gasteiger partial charge on any atom is -0.349 e. The van der Waals surface area contributed by atoms with Crippen LogP contribution in [0.5, 0.6) is 0 Å². The summed E-state index contributed by atoms with van der Waals surface area (Å²) in [5, 5.41) is 3.14. The molecule has 0 aromatic heterocycles. The second-order valence-corrected chi connectivity index (χ2v) is 6.20. The molecule has 104 valence electrons. The van der Waals surface area contributed by atoms with Gasteiger partial charge in [0, 0.05) is 22.4 Å². The highest BCUT2D eigenvalue weighted by Crippen LogP contribution is 2.25. The van der Waals surface area contributed by atoms with Crippen LogP contribution in [0.1, 0.15) is 36.0 Å². The fourth-order valence-corrected chi connectivity index (χ4v) is 3.35. The van der Waals surface area contributed by atoms with Gasteiger partial charge in [-0.25, -0.2) is 0 Å². The second-order valence-electron chi connectivity index (χ2n) is 5.01. The van der Waals surface area contributed by atoms with Crippen molar-refractivity contribution in [3.05, 3.63) is 29.8 Å². The molecule has 2 nitrogen and oxygen atoms in total. The SMILES string of the molecule is CSc1ccc(C(=O)NC2CCCCC2CCl)cc1. The summed E-state index contributed by atoms with van der Waals surface area (Å²) in [6.07, 6.45) is 6.62. The van der Waals surface area contributed by atoms with Crippen LogP contribution < -0.4 is 5.32 Å². The molecule has 1 N–H and O–H groups in total. The van der Waals surface area contributed by atoms with Crippen molar-refractivity contribution in [2.45, 2.75) is 36.6 Å². The Hall–Kier alpha value is -0.670. The van der Waals surface area contributed by atoms with Gasteiger partial charge in [0.2, 0.25) is 0 Å². The van der Waals surface area contributed by atoms with E-state index in [4.69, 9.17) is 11.6 Å². The predicted molar refractivity (Wildman–Crippen MR) is 82.2 cm³/mol. The normalized spacial score (nSPS) is 23.1. The Morgan fingerprint density at radius 1 is 1.32 bits per heavy atom. The van der Waals surface area contributed by atoms with Crippen molar-refractivity contribution in [1.82, 2.24) is 5.32 Å². The third-order valence-electron chi connectivity index (χ3n) is 3.78. The van der Waals surface area contributed by atoms with E-state index < -0.39 is 0 Å². The summed E-state index contributed by atoms with van der Waals surface area (Å²) in [6, 6.07) is 7.98. The Labute approximate surface area is 124 Å². The summed E-state index contributed by atoms with van der Waals surface area (Å²) in [5.74, 6) is 1.08. The van der Waals surface area contributed by atoms with Gasteiger partial charge in [-0.1, -0.05) is 12.8 Å². The lowest BCUT2D eigenvalue weighted by molar-refractivity contribution is 0.0911. The lowest BCUT2D eigenvalue weighted by Gasteiger charge is -2.30. The highest BCUT2D eigenvalue weighted by atomic mass is 35.5. The zero-order valence-corrected chi connectivity index (χ0v) is 12.8. The summed E-state index contributed by atoms with van der Waals surface area (Å²) < 4.78 is 0. The Morgan fingerprint density at radius 3 is 2.63 bits per heavy atom. The summed E-state index contributed by atoms with van der Waals surface area (Å²) in [4.78, 5) is 13.4. The number of halogens is 1. The van der Waals surface area contributed by atoms with Crippen LogP contribution in [-0.2, 0) is 0 Å². The molecule has 1 aliphatic rings. The van der Waals surface area contributed by atoms with E-state index in [1.54, 1.807) is 11.8 Å². The van der Waals surface area contributed by atoms with E-state index >= 15 is 0 Å². The first-order valence-electron chi connectivity index (χ1n) is 6.75. The third kappa shape index (κ3) is 3.90. The molecule has 1 amide bonds. The van der Waals surface area contributed by atoms with Gasteiger partial charge < -0.3 is 5.32 Å². The van der Waals surface area contributed by atoms with E-state index in [9.17, 15) is 4.79 Å². The molecule has 1 fully saturated rings. The van der Waals surface area contributed by atoms with Crippen LogP contribution in [0.25, 0.3) is 0 Å². The van der Waals surface area contributed by atoms with E-state index in [0.717, 1.165) is 18.4 Å². The Bertz CT molecular complexity index is 421. The Morgan fingerprint density at radius 2 is 2.00 bits per heavy atom. The van der Waals surface area contributed by atoms with Crippen molar-refractivity contribution in [1.29, 1.82) is 0 Å². The van der Waals surface area contributed by atoms with Crippen LogP contribution in [0.2, 0.25) is 0 Å². The molecule has 0 heterocycles. The molecule has 1 aromatic carbocycles. The lowest BCUT2D eigenvalue weighted by Crippen LogP contribution is -2.42. The fourth-order valence-electron chi connectivity index (χ4n) is 2.58. The highest BCUT2D eigenvalue weighted by Gasteiger charge is 2.25. The molecule has 1 aliphatic carbocycles. The molecule has 1 aromatic rings. The van der Waals surface area contributed by atoms with Gasteiger partial charge in [-0.05, 0) is 49.3 Å². The maximum absolute atomic E-state index is 12.2. The number of carbonyl (C=O) groups excluding carboxylic acids is 1. The second kappa shape index (κ2) is 7.20. The molecule has 2 rings (SSSR count). The van der Waals surface area contributed by atoms with Crippen molar-refractivity contribution in [2.24, 2.45) is 5.92 Å². The van der Waals surface area contributed by atoms with Crippen LogP contribution in [-0.4, -0.2) is 24.1 Å². The van der Waals surface area contributed by atoms with Gasteiger partial charge >= 0.3 is 0 Å². The van der Waals surface area contributed by atoms with Gasteiger partial charge in [0.1, 0.15) is 0 Å². The number of thioether (sulfide) groups is 1. The fraction of sp³-hybridized carbons (Fsp3) is 0.533. The Kier molecular flexibility index (Phi) is 5.59. The van der Waals surface area contributed by atoms with Gasteiger partial charge in [-0.3, -0.25) is 4.79 Å². The molecular formula is C15H20ClNOS. The molecule has 0 bridgehead atoms. The number of alkyl halides is 1. The molecular weight excluding hydrogens is 278 g/mol. The zero-order chi connectivity index (χ0) is 13.7. The summed E-state index contributed by atoms with van der Waals surface area (Å²) in [6.45, 7) is 0. The van der Waals surface area contributed by atoms with E-state index in [2.05, 4.69) is 5.32 Å². The Balaban J connectivity index is 1.98. The first kappa shape index (κ1) is 14.7. The molecule has 2 atom stereocenters. The maximum atomic E-state index is 12.2. The van der Waals surface area contributed by atoms with E-state index in [0.29, 0.717) is 11.8 Å². The van der Waals surface area contributed by atoms with Crippen LogP contribution in [0.3, 0.4) is 0 Å². The van der Waals surface area contributed by atoms with E-state index in [-0.39, 0.29) is 11.9 Å². The summed E-state index contributed by atoms with van der Waals surface area (Å²) in [7, 11) is 0. The highest BCUT2D eigenvalue weighted by molar-refractivity contribution is 7.98. The molecule has 0 saturated heterocycles. The molecule has 1 saturated carbocycles. The quantitative estimate of drug-likeness (QED) is 0.674. The first-order valence-corrected chi connectivity index (χ1v) is 8.51. The standard InChI is InChI=1S/C15H20ClNOS/c1-19-13-8-6-11(7-9-13)15(18)17-14-5-3-2-4-12(14)10-16/h6-9,12,14H,2-5,10H2,1H3,(H,17,18). The number of amides is 1. The number of hydrogen-bond acceptors (Lipinski definition) is 2. The minimum atomic E-state index is 0.0228. The van der Waals surface area contributed by atoms with Gasteiger partial charge in [0.15, 0.2) is 0 Å². The molecule has 2 unspecified atom stereocenters. The van der Waals surface area contributed by atoms with Crippen molar-refractivity contribution < 1.29 is 4.79 Å². The molecule has 0 spiro atoms. The van der Waals surface area contributed by atoms with Crippen LogP contribution >= 0.6 is 23.4 Å². The van der Waals surface area contributed by atoms with Gasteiger partial charge in [-0.15, -0.1) is 23.4 Å². The average molecular weight is 298 g/mol. The monoisotopic (exact) mass is 297 g/mol. The van der Waals surface area contributed by atoms with Crippen LogP contribution in [0.4, 0.5) is 0 Å². The van der Waals surface area contributed by atoms with Crippen molar-refractivity contribution in [3.63, 3.8) is 0 Å². The first-order chi connectivity index (χ1) is 9.24. The van der Waals surface area contributed by atoms with E-state index in [1.807, 2.05) is 30.5 Å². The largest absolute Gasteiger partial charge is 0.349 e. The number of hydrogen-bond donors (Lipinski definition) is 1. The van der Waals surface area contributed by atoms with Crippen molar-refractivity contribution in [2.75, 3.05) is 12.1 Å². The lowest BCUT2D eigenvalue weighted by atomic mass is 9.85. The van der Waals surface area contributed by atoms with Gasteiger partial charge in [-0.2, -0.15) is 0 Å². The van der Waals surface area contributed by atoms with Crippen molar-refractivity contribution in [3.8, 4) is 0 Å². The average Bonchev–Trinajstić information content (AvgIpc) is 2.48. The number of carbonyl (C=O) groups is 1.